The van der Waals surface area contributed by atoms with Crippen molar-refractivity contribution in [3.8, 4) is 5.75 Å². The number of amides is 1. The van der Waals surface area contributed by atoms with Gasteiger partial charge >= 0.3 is 0 Å². The Morgan fingerprint density at radius 1 is 1.29 bits per heavy atom. The van der Waals surface area contributed by atoms with Gasteiger partial charge in [0.15, 0.2) is 11.5 Å². The highest BCUT2D eigenvalue weighted by Crippen LogP contribution is 2.29. The van der Waals surface area contributed by atoms with Gasteiger partial charge in [-0.05, 0) is 50.1 Å². The minimum atomic E-state index is -0.156. The third kappa shape index (κ3) is 3.60. The van der Waals surface area contributed by atoms with E-state index in [1.807, 2.05) is 19.1 Å². The van der Waals surface area contributed by atoms with Gasteiger partial charge in [0, 0.05) is 18.1 Å². The first-order valence-electron chi connectivity index (χ1n) is 9.13. The van der Waals surface area contributed by atoms with Gasteiger partial charge in [-0.1, -0.05) is 11.6 Å². The van der Waals surface area contributed by atoms with E-state index in [4.69, 9.17) is 16.3 Å². The molecule has 28 heavy (non-hydrogen) atoms. The molecule has 4 rings (SSSR count). The van der Waals surface area contributed by atoms with Crippen LogP contribution in [0.15, 0.2) is 30.3 Å². The van der Waals surface area contributed by atoms with E-state index in [1.165, 1.54) is 0 Å². The minimum absolute atomic E-state index is 0.0492. The molecule has 1 saturated heterocycles. The van der Waals surface area contributed by atoms with Crippen molar-refractivity contribution >= 4 is 34.7 Å². The summed E-state index contributed by atoms with van der Waals surface area (Å²) in [6.45, 7) is 3.31. The van der Waals surface area contributed by atoms with Crippen molar-refractivity contribution in [1.82, 2.24) is 19.8 Å². The second-order valence-corrected chi connectivity index (χ2v) is 7.26. The summed E-state index contributed by atoms with van der Waals surface area (Å²) in [5.41, 5.74) is 1.29. The lowest BCUT2D eigenvalue weighted by molar-refractivity contribution is -0.120. The SMILES string of the molecule is COc1ccc(Cl)cc1NC(=O)[C@@H]1CCCN(c2ccc3nnc(C)n3n2)C1. The van der Waals surface area contributed by atoms with Gasteiger partial charge < -0.3 is 15.0 Å². The van der Waals surface area contributed by atoms with E-state index in [0.717, 1.165) is 31.0 Å². The number of carbonyl (C=O) groups excluding carboxylic acids is 1. The van der Waals surface area contributed by atoms with Gasteiger partial charge in [0.2, 0.25) is 5.91 Å². The number of nitrogens with zero attached hydrogens (tertiary/aromatic N) is 5. The largest absolute Gasteiger partial charge is 0.495 e. The van der Waals surface area contributed by atoms with Crippen molar-refractivity contribution < 1.29 is 9.53 Å². The van der Waals surface area contributed by atoms with E-state index in [0.29, 0.717) is 28.7 Å². The Bertz CT molecular complexity index is 1020. The number of aromatic nitrogens is 4. The molecule has 0 radical (unpaired) electrons. The smallest absolute Gasteiger partial charge is 0.229 e. The van der Waals surface area contributed by atoms with Crippen molar-refractivity contribution in [3.05, 3.63) is 41.2 Å². The van der Waals surface area contributed by atoms with Gasteiger partial charge in [0.1, 0.15) is 11.6 Å². The quantitative estimate of drug-likeness (QED) is 0.724. The van der Waals surface area contributed by atoms with E-state index < -0.39 is 0 Å². The van der Waals surface area contributed by atoms with E-state index >= 15 is 0 Å². The summed E-state index contributed by atoms with van der Waals surface area (Å²) in [6.07, 6.45) is 1.73. The fourth-order valence-corrected chi connectivity index (χ4v) is 3.64. The van der Waals surface area contributed by atoms with E-state index in [-0.39, 0.29) is 11.8 Å². The molecule has 1 aromatic carbocycles. The molecule has 3 heterocycles. The van der Waals surface area contributed by atoms with Gasteiger partial charge in [-0.15, -0.1) is 15.3 Å². The zero-order valence-corrected chi connectivity index (χ0v) is 16.5. The van der Waals surface area contributed by atoms with Crippen LogP contribution in [0.4, 0.5) is 11.5 Å². The van der Waals surface area contributed by atoms with Gasteiger partial charge in [-0.3, -0.25) is 4.79 Å². The standard InChI is InChI=1S/C19H21ClN6O2/c1-12-22-23-17-7-8-18(24-26(12)17)25-9-3-4-13(11-25)19(27)21-15-10-14(20)5-6-16(15)28-2/h5-8,10,13H,3-4,9,11H2,1-2H3,(H,21,27)/t13-/m1/s1. The predicted octanol–water partition coefficient (Wildman–Crippen LogP) is 2.95. The molecule has 1 atom stereocenters. The van der Waals surface area contributed by atoms with Crippen molar-refractivity contribution in [1.29, 1.82) is 0 Å². The number of fused-ring (bicyclic) bond motifs is 1. The molecule has 1 amide bonds. The number of piperidine rings is 1. The summed E-state index contributed by atoms with van der Waals surface area (Å²) >= 11 is 6.06. The van der Waals surface area contributed by atoms with Crippen molar-refractivity contribution in [2.24, 2.45) is 5.92 Å². The van der Waals surface area contributed by atoms with Crippen molar-refractivity contribution in [2.45, 2.75) is 19.8 Å². The molecule has 2 aromatic heterocycles. The first-order chi connectivity index (χ1) is 13.5. The monoisotopic (exact) mass is 400 g/mol. The molecule has 0 unspecified atom stereocenters. The maximum Gasteiger partial charge on any atom is 0.229 e. The summed E-state index contributed by atoms with van der Waals surface area (Å²) in [5.74, 6) is 1.92. The lowest BCUT2D eigenvalue weighted by atomic mass is 9.97. The van der Waals surface area contributed by atoms with Crippen LogP contribution in [0.2, 0.25) is 5.02 Å². The number of hydrogen-bond donors (Lipinski definition) is 1. The van der Waals surface area contributed by atoms with Crippen LogP contribution < -0.4 is 15.0 Å². The lowest BCUT2D eigenvalue weighted by Gasteiger charge is -2.32. The van der Waals surface area contributed by atoms with Crippen molar-refractivity contribution in [3.63, 3.8) is 0 Å². The number of anilines is 2. The zero-order valence-electron chi connectivity index (χ0n) is 15.7. The van der Waals surface area contributed by atoms with Gasteiger partial charge in [0.25, 0.3) is 0 Å². The number of hydrogen-bond acceptors (Lipinski definition) is 6. The highest BCUT2D eigenvalue weighted by atomic mass is 35.5. The number of ether oxygens (including phenoxy) is 1. The Morgan fingerprint density at radius 3 is 2.96 bits per heavy atom. The molecular weight excluding hydrogens is 380 g/mol. The number of halogens is 1. The topological polar surface area (TPSA) is 84.6 Å². The van der Waals surface area contributed by atoms with E-state index in [9.17, 15) is 4.79 Å². The highest BCUT2D eigenvalue weighted by molar-refractivity contribution is 6.31. The number of carbonyl (C=O) groups is 1. The van der Waals surface area contributed by atoms with Crippen LogP contribution in [-0.2, 0) is 4.79 Å². The normalized spacial score (nSPS) is 17.0. The Kier molecular flexibility index (Phi) is 5.04. The van der Waals surface area contributed by atoms with Gasteiger partial charge in [-0.25, -0.2) is 0 Å². The number of methoxy groups -OCH3 is 1. The average Bonchev–Trinajstić information content (AvgIpc) is 3.08. The summed E-state index contributed by atoms with van der Waals surface area (Å²) in [5, 5.41) is 16.2. The molecular formula is C19H21ClN6O2. The lowest BCUT2D eigenvalue weighted by Crippen LogP contribution is -2.41. The number of benzene rings is 1. The Balaban J connectivity index is 1.50. The third-order valence-corrected chi connectivity index (χ3v) is 5.18. The second kappa shape index (κ2) is 7.63. The third-order valence-electron chi connectivity index (χ3n) is 4.94. The van der Waals surface area contributed by atoms with Crippen LogP contribution in [0, 0.1) is 12.8 Å². The number of aryl methyl sites for hydroxylation is 1. The van der Waals surface area contributed by atoms with Crippen molar-refractivity contribution in [2.75, 3.05) is 30.4 Å². The summed E-state index contributed by atoms with van der Waals surface area (Å²) in [4.78, 5) is 15.0. The second-order valence-electron chi connectivity index (χ2n) is 6.83. The molecule has 146 valence electrons. The van der Waals surface area contributed by atoms with Gasteiger partial charge in [-0.2, -0.15) is 4.52 Å². The number of nitrogens with one attached hydrogen (secondary N) is 1. The van der Waals surface area contributed by atoms with Gasteiger partial charge in [0.05, 0.1) is 18.7 Å². The van der Waals surface area contributed by atoms with Crippen LogP contribution >= 0.6 is 11.6 Å². The maximum absolute atomic E-state index is 12.9. The maximum atomic E-state index is 12.9. The van der Waals surface area contributed by atoms with Crippen LogP contribution in [0.25, 0.3) is 5.65 Å². The van der Waals surface area contributed by atoms with Crippen LogP contribution in [0.5, 0.6) is 5.75 Å². The Hall–Kier alpha value is -2.87. The predicted molar refractivity (Wildman–Crippen MR) is 107 cm³/mol. The summed E-state index contributed by atoms with van der Waals surface area (Å²) in [6, 6.07) is 8.98. The molecule has 0 bridgehead atoms. The molecule has 3 aromatic rings. The van der Waals surface area contributed by atoms with Crippen LogP contribution in [0.3, 0.4) is 0 Å². The highest BCUT2D eigenvalue weighted by Gasteiger charge is 2.27. The summed E-state index contributed by atoms with van der Waals surface area (Å²) in [7, 11) is 1.57. The fraction of sp³-hybridized carbons (Fsp3) is 0.368. The fourth-order valence-electron chi connectivity index (χ4n) is 3.47. The molecule has 8 nitrogen and oxygen atoms in total. The Morgan fingerprint density at radius 2 is 2.14 bits per heavy atom. The first-order valence-corrected chi connectivity index (χ1v) is 9.51. The van der Waals surface area contributed by atoms with Crippen LogP contribution in [0.1, 0.15) is 18.7 Å². The van der Waals surface area contributed by atoms with E-state index in [2.05, 4.69) is 25.5 Å². The zero-order chi connectivity index (χ0) is 19.7. The molecule has 1 fully saturated rings. The average molecular weight is 401 g/mol. The molecule has 1 aliphatic heterocycles. The first kappa shape index (κ1) is 18.5. The van der Waals surface area contributed by atoms with E-state index in [1.54, 1.807) is 29.8 Å². The van der Waals surface area contributed by atoms with Crippen LogP contribution in [-0.4, -0.2) is 45.9 Å². The summed E-state index contributed by atoms with van der Waals surface area (Å²) < 4.78 is 7.03. The molecule has 0 spiro atoms. The minimum Gasteiger partial charge on any atom is -0.495 e. The molecule has 9 heteroatoms. The molecule has 0 aliphatic carbocycles. The molecule has 1 N–H and O–H groups in total. The molecule has 0 saturated carbocycles. The number of rotatable bonds is 4. The Labute approximate surface area is 167 Å². The molecule has 1 aliphatic rings.